The van der Waals surface area contributed by atoms with Gasteiger partial charge in [-0.2, -0.15) is 0 Å². The number of anilines is 1. The number of nitrogens with one attached hydrogen (secondary N) is 1. The molecule has 2 unspecified atom stereocenters. The highest BCUT2D eigenvalue weighted by molar-refractivity contribution is 6.21. The molecule has 0 aliphatic heterocycles. The van der Waals surface area contributed by atoms with Crippen molar-refractivity contribution in [2.45, 2.75) is 63.5 Å². The minimum absolute atomic E-state index is 0.144. The minimum atomic E-state index is 0.144. The number of hydrogen-bond donors (Lipinski definition) is 1. The lowest BCUT2D eigenvalue weighted by Gasteiger charge is -2.23. The summed E-state index contributed by atoms with van der Waals surface area (Å²) in [6.07, 6.45) is 7.84. The van der Waals surface area contributed by atoms with E-state index in [0.29, 0.717) is 0 Å². The molecule has 2 rings (SSSR count). The first-order valence-electron chi connectivity index (χ1n) is 7.19. The molecule has 106 valence electrons. The van der Waals surface area contributed by atoms with Crippen LogP contribution in [0.2, 0.25) is 0 Å². The average molecular weight is 283 g/mol. The molecular weight excluding hydrogens is 260 g/mol. The zero-order valence-corrected chi connectivity index (χ0v) is 12.5. The predicted molar refractivity (Wildman–Crippen MR) is 80.1 cm³/mol. The van der Waals surface area contributed by atoms with Crippen LogP contribution in [-0.4, -0.2) is 22.5 Å². The standard InChI is InChI=1S/C15H23ClN2O/c1-11(2)19-14-9-6-10-17-15(14)18-13-8-5-3-4-7-12(13)16/h6,9-13H,3-5,7-8H2,1-2H3,(H,17,18). The highest BCUT2D eigenvalue weighted by Crippen LogP contribution is 2.28. The lowest BCUT2D eigenvalue weighted by atomic mass is 10.1. The summed E-state index contributed by atoms with van der Waals surface area (Å²) >= 11 is 6.46. The van der Waals surface area contributed by atoms with Gasteiger partial charge in [-0.15, -0.1) is 11.6 Å². The molecule has 1 aliphatic rings. The van der Waals surface area contributed by atoms with Gasteiger partial charge in [-0.25, -0.2) is 4.98 Å². The zero-order chi connectivity index (χ0) is 13.7. The van der Waals surface area contributed by atoms with Crippen LogP contribution in [0.4, 0.5) is 5.82 Å². The van der Waals surface area contributed by atoms with Crippen molar-refractivity contribution in [1.82, 2.24) is 4.98 Å². The molecule has 1 heterocycles. The third kappa shape index (κ3) is 4.27. The van der Waals surface area contributed by atoms with Crippen molar-refractivity contribution < 1.29 is 4.74 Å². The molecular formula is C15H23ClN2O. The highest BCUT2D eigenvalue weighted by Gasteiger charge is 2.23. The van der Waals surface area contributed by atoms with Gasteiger partial charge in [0.15, 0.2) is 11.6 Å². The second-order valence-corrected chi connectivity index (χ2v) is 5.98. The molecule has 1 aromatic rings. The molecule has 3 nitrogen and oxygen atoms in total. The fraction of sp³-hybridized carbons (Fsp3) is 0.667. The maximum absolute atomic E-state index is 6.46. The Kier molecular flexibility index (Phi) is 5.32. The van der Waals surface area contributed by atoms with E-state index < -0.39 is 0 Å². The Morgan fingerprint density at radius 2 is 2.11 bits per heavy atom. The van der Waals surface area contributed by atoms with E-state index in [4.69, 9.17) is 16.3 Å². The Morgan fingerprint density at radius 3 is 2.89 bits per heavy atom. The number of pyridine rings is 1. The molecule has 1 N–H and O–H groups in total. The van der Waals surface area contributed by atoms with E-state index in [9.17, 15) is 0 Å². The van der Waals surface area contributed by atoms with Crippen molar-refractivity contribution in [1.29, 1.82) is 0 Å². The summed E-state index contributed by atoms with van der Waals surface area (Å²) < 4.78 is 5.79. The molecule has 1 aliphatic carbocycles. The van der Waals surface area contributed by atoms with Crippen LogP contribution in [-0.2, 0) is 0 Å². The zero-order valence-electron chi connectivity index (χ0n) is 11.7. The van der Waals surface area contributed by atoms with Gasteiger partial charge in [-0.05, 0) is 38.8 Å². The molecule has 0 bridgehead atoms. The van der Waals surface area contributed by atoms with Crippen LogP contribution in [0.3, 0.4) is 0 Å². The number of hydrogen-bond acceptors (Lipinski definition) is 3. The minimum Gasteiger partial charge on any atom is -0.487 e. The second-order valence-electron chi connectivity index (χ2n) is 5.42. The number of alkyl halides is 1. The molecule has 0 spiro atoms. The molecule has 0 amide bonds. The summed E-state index contributed by atoms with van der Waals surface area (Å²) in [4.78, 5) is 4.40. The van der Waals surface area contributed by atoms with Gasteiger partial charge in [-0.1, -0.05) is 19.3 Å². The Hall–Kier alpha value is -0.960. The van der Waals surface area contributed by atoms with Gasteiger partial charge in [0.05, 0.1) is 11.5 Å². The van der Waals surface area contributed by atoms with E-state index in [1.807, 2.05) is 26.0 Å². The van der Waals surface area contributed by atoms with Crippen LogP contribution in [0.1, 0.15) is 46.0 Å². The number of aromatic nitrogens is 1. The van der Waals surface area contributed by atoms with E-state index in [1.54, 1.807) is 6.20 Å². The largest absolute Gasteiger partial charge is 0.487 e. The summed E-state index contributed by atoms with van der Waals surface area (Å²) in [5.41, 5.74) is 0. The van der Waals surface area contributed by atoms with Gasteiger partial charge < -0.3 is 10.1 Å². The van der Waals surface area contributed by atoms with Gasteiger partial charge in [0.1, 0.15) is 0 Å². The third-order valence-electron chi connectivity index (χ3n) is 3.39. The maximum atomic E-state index is 6.46. The number of halogens is 1. The van der Waals surface area contributed by atoms with Gasteiger partial charge >= 0.3 is 0 Å². The lowest BCUT2D eigenvalue weighted by molar-refractivity contribution is 0.242. The molecule has 0 aromatic carbocycles. The summed E-state index contributed by atoms with van der Waals surface area (Å²) in [6, 6.07) is 4.14. The van der Waals surface area contributed by atoms with Crippen molar-refractivity contribution >= 4 is 17.4 Å². The lowest BCUT2D eigenvalue weighted by Crippen LogP contribution is -2.29. The average Bonchev–Trinajstić information content (AvgIpc) is 2.57. The summed E-state index contributed by atoms with van der Waals surface area (Å²) in [5, 5.41) is 3.65. The highest BCUT2D eigenvalue weighted by atomic mass is 35.5. The van der Waals surface area contributed by atoms with Gasteiger partial charge in [0.2, 0.25) is 0 Å². The molecule has 0 saturated heterocycles. The number of ether oxygens (including phenoxy) is 1. The summed E-state index contributed by atoms with van der Waals surface area (Å²) in [6.45, 7) is 4.04. The molecule has 0 radical (unpaired) electrons. The van der Waals surface area contributed by atoms with Crippen LogP contribution in [0, 0.1) is 0 Å². The Balaban J connectivity index is 2.08. The van der Waals surface area contributed by atoms with Gasteiger partial charge in [0, 0.05) is 12.2 Å². The van der Waals surface area contributed by atoms with Crippen LogP contribution >= 0.6 is 11.6 Å². The van der Waals surface area contributed by atoms with Crippen molar-refractivity contribution in [3.63, 3.8) is 0 Å². The smallest absolute Gasteiger partial charge is 0.169 e. The number of nitrogens with zero attached hydrogens (tertiary/aromatic N) is 1. The Labute approximate surface area is 120 Å². The van der Waals surface area contributed by atoms with Crippen LogP contribution < -0.4 is 10.1 Å². The molecule has 2 atom stereocenters. The van der Waals surface area contributed by atoms with E-state index in [-0.39, 0.29) is 17.5 Å². The molecule has 1 saturated carbocycles. The van der Waals surface area contributed by atoms with Gasteiger partial charge in [-0.3, -0.25) is 0 Å². The summed E-state index contributed by atoms with van der Waals surface area (Å²) in [7, 11) is 0. The first kappa shape index (κ1) is 14.4. The molecule has 1 fully saturated rings. The van der Waals surface area contributed by atoms with Crippen molar-refractivity contribution in [2.24, 2.45) is 0 Å². The van der Waals surface area contributed by atoms with Crippen molar-refractivity contribution in [3.05, 3.63) is 18.3 Å². The normalized spacial score (nSPS) is 24.0. The Morgan fingerprint density at radius 1 is 1.32 bits per heavy atom. The SMILES string of the molecule is CC(C)Oc1cccnc1NC1CCCCCC1Cl. The topological polar surface area (TPSA) is 34.1 Å². The molecule has 19 heavy (non-hydrogen) atoms. The maximum Gasteiger partial charge on any atom is 0.169 e. The molecule has 4 heteroatoms. The fourth-order valence-electron chi connectivity index (χ4n) is 2.45. The van der Waals surface area contributed by atoms with E-state index in [0.717, 1.165) is 24.4 Å². The first-order valence-corrected chi connectivity index (χ1v) is 7.62. The molecule has 1 aromatic heterocycles. The van der Waals surface area contributed by atoms with Crippen LogP contribution in [0.25, 0.3) is 0 Å². The fourth-order valence-corrected chi connectivity index (χ4v) is 2.79. The van der Waals surface area contributed by atoms with Crippen LogP contribution in [0.5, 0.6) is 5.75 Å². The Bertz CT molecular complexity index is 397. The van der Waals surface area contributed by atoms with Crippen LogP contribution in [0.15, 0.2) is 18.3 Å². The van der Waals surface area contributed by atoms with Crippen molar-refractivity contribution in [2.75, 3.05) is 5.32 Å². The monoisotopic (exact) mass is 282 g/mol. The second kappa shape index (κ2) is 6.99. The summed E-state index contributed by atoms with van der Waals surface area (Å²) in [5.74, 6) is 1.62. The quantitative estimate of drug-likeness (QED) is 0.663. The van der Waals surface area contributed by atoms with E-state index in [1.165, 1.54) is 19.3 Å². The van der Waals surface area contributed by atoms with Crippen molar-refractivity contribution in [3.8, 4) is 5.75 Å². The van der Waals surface area contributed by atoms with E-state index >= 15 is 0 Å². The number of rotatable bonds is 4. The van der Waals surface area contributed by atoms with Gasteiger partial charge in [0.25, 0.3) is 0 Å². The first-order chi connectivity index (χ1) is 9.16. The third-order valence-corrected chi connectivity index (χ3v) is 3.91. The van der Waals surface area contributed by atoms with E-state index in [2.05, 4.69) is 10.3 Å². The predicted octanol–water partition coefficient (Wildman–Crippen LogP) is 4.22.